The van der Waals surface area contributed by atoms with Crippen LogP contribution in [0.3, 0.4) is 0 Å². The normalized spacial score (nSPS) is 10.9. The van der Waals surface area contributed by atoms with Gasteiger partial charge in [-0.1, -0.05) is 29.8 Å². The van der Waals surface area contributed by atoms with Crippen molar-refractivity contribution in [3.05, 3.63) is 34.3 Å². The molecule has 0 bridgehead atoms. The minimum absolute atomic E-state index is 0.936. The van der Waals surface area contributed by atoms with E-state index in [4.69, 9.17) is 11.6 Å². The highest BCUT2D eigenvalue weighted by Crippen LogP contribution is 2.21. The minimum Gasteiger partial charge on any atom is -0.309 e. The summed E-state index contributed by atoms with van der Waals surface area (Å²) in [4.78, 5) is 2.20. The van der Waals surface area contributed by atoms with E-state index in [1.54, 1.807) is 0 Å². The zero-order valence-corrected chi connectivity index (χ0v) is 9.93. The van der Waals surface area contributed by atoms with Crippen LogP contribution in [0.4, 0.5) is 0 Å². The van der Waals surface area contributed by atoms with Gasteiger partial charge in [0.2, 0.25) is 0 Å². The van der Waals surface area contributed by atoms with E-state index in [0.29, 0.717) is 0 Å². The molecule has 0 saturated heterocycles. The second-order valence-corrected chi connectivity index (χ2v) is 4.33. The van der Waals surface area contributed by atoms with Gasteiger partial charge in [0.1, 0.15) is 0 Å². The summed E-state index contributed by atoms with van der Waals surface area (Å²) in [6, 6.07) is 6.25. The Morgan fingerprint density at radius 1 is 1.29 bits per heavy atom. The first-order chi connectivity index (χ1) is 6.61. The van der Waals surface area contributed by atoms with Crippen LogP contribution in [-0.4, -0.2) is 25.5 Å². The Morgan fingerprint density at radius 3 is 2.64 bits per heavy atom. The van der Waals surface area contributed by atoms with E-state index in [9.17, 15) is 0 Å². The van der Waals surface area contributed by atoms with Gasteiger partial charge in [0.05, 0.1) is 0 Å². The molecule has 0 heterocycles. The highest BCUT2D eigenvalue weighted by atomic mass is 35.5. The fraction of sp³-hybridized carbons (Fsp3) is 0.500. The Balaban J connectivity index is 2.54. The maximum Gasteiger partial charge on any atom is 0.0467 e. The standard InChI is InChI=1S/C12H18ClN/c1-10-6-4-7-11(12(10)13)8-5-9-14(2)3/h4,6-7H,5,8-9H2,1-3H3. The molecule has 1 rings (SSSR count). The largest absolute Gasteiger partial charge is 0.309 e. The number of rotatable bonds is 4. The van der Waals surface area contributed by atoms with Gasteiger partial charge in [-0.2, -0.15) is 0 Å². The quantitative estimate of drug-likeness (QED) is 0.740. The molecule has 0 aliphatic rings. The zero-order valence-electron chi connectivity index (χ0n) is 9.18. The molecule has 0 N–H and O–H groups in total. The lowest BCUT2D eigenvalue weighted by Crippen LogP contribution is -2.13. The third-order valence-corrected chi connectivity index (χ3v) is 2.86. The molecule has 0 unspecified atom stereocenters. The molecule has 0 fully saturated rings. The molecule has 0 spiro atoms. The Morgan fingerprint density at radius 2 is 2.00 bits per heavy atom. The molecule has 0 radical (unpaired) electrons. The molecule has 14 heavy (non-hydrogen) atoms. The van der Waals surface area contributed by atoms with Crippen LogP contribution in [0.15, 0.2) is 18.2 Å². The number of hydrogen-bond acceptors (Lipinski definition) is 1. The number of nitrogens with zero attached hydrogens (tertiary/aromatic N) is 1. The SMILES string of the molecule is Cc1cccc(CCCN(C)C)c1Cl. The molecule has 78 valence electrons. The van der Waals surface area contributed by atoms with Gasteiger partial charge in [0.15, 0.2) is 0 Å². The molecule has 1 aromatic carbocycles. The van der Waals surface area contributed by atoms with Gasteiger partial charge < -0.3 is 4.90 Å². The zero-order chi connectivity index (χ0) is 10.6. The molecule has 0 atom stereocenters. The van der Waals surface area contributed by atoms with Crippen LogP contribution < -0.4 is 0 Å². The number of benzene rings is 1. The van der Waals surface area contributed by atoms with Crippen molar-refractivity contribution in [2.24, 2.45) is 0 Å². The fourth-order valence-corrected chi connectivity index (χ4v) is 1.71. The predicted molar refractivity (Wildman–Crippen MR) is 63.1 cm³/mol. The topological polar surface area (TPSA) is 3.24 Å². The summed E-state index contributed by atoms with van der Waals surface area (Å²) >= 11 is 6.19. The highest BCUT2D eigenvalue weighted by molar-refractivity contribution is 6.32. The Labute approximate surface area is 91.7 Å². The van der Waals surface area contributed by atoms with Gasteiger partial charge in [-0.25, -0.2) is 0 Å². The summed E-state index contributed by atoms with van der Waals surface area (Å²) in [5.74, 6) is 0. The summed E-state index contributed by atoms with van der Waals surface area (Å²) in [5, 5.41) is 0.936. The van der Waals surface area contributed by atoms with E-state index in [-0.39, 0.29) is 0 Å². The van der Waals surface area contributed by atoms with Crippen molar-refractivity contribution >= 4 is 11.6 Å². The summed E-state index contributed by atoms with van der Waals surface area (Å²) in [5.41, 5.74) is 2.45. The van der Waals surface area contributed by atoms with Crippen LogP contribution in [-0.2, 0) is 6.42 Å². The van der Waals surface area contributed by atoms with Gasteiger partial charge in [-0.3, -0.25) is 0 Å². The van der Waals surface area contributed by atoms with Crippen molar-refractivity contribution in [2.75, 3.05) is 20.6 Å². The van der Waals surface area contributed by atoms with Crippen molar-refractivity contribution in [2.45, 2.75) is 19.8 Å². The van der Waals surface area contributed by atoms with E-state index in [1.807, 2.05) is 0 Å². The lowest BCUT2D eigenvalue weighted by molar-refractivity contribution is 0.400. The van der Waals surface area contributed by atoms with Gasteiger partial charge in [0, 0.05) is 5.02 Å². The lowest BCUT2D eigenvalue weighted by Gasteiger charge is -2.10. The van der Waals surface area contributed by atoms with Gasteiger partial charge >= 0.3 is 0 Å². The number of hydrogen-bond donors (Lipinski definition) is 0. The highest BCUT2D eigenvalue weighted by Gasteiger charge is 2.02. The molecule has 0 aliphatic carbocycles. The molecule has 0 aromatic heterocycles. The molecule has 1 aromatic rings. The van der Waals surface area contributed by atoms with Gasteiger partial charge in [-0.05, 0) is 51.5 Å². The minimum atomic E-state index is 0.936. The Bertz CT molecular complexity index is 294. The molecular weight excluding hydrogens is 194 g/mol. The molecule has 1 nitrogen and oxygen atoms in total. The third-order valence-electron chi connectivity index (χ3n) is 2.32. The Kier molecular flexibility index (Phi) is 4.43. The van der Waals surface area contributed by atoms with Crippen molar-refractivity contribution < 1.29 is 0 Å². The van der Waals surface area contributed by atoms with Crippen molar-refractivity contribution in [1.29, 1.82) is 0 Å². The van der Waals surface area contributed by atoms with Crippen LogP contribution in [0.1, 0.15) is 17.5 Å². The first kappa shape index (κ1) is 11.5. The molecular formula is C12H18ClN. The summed E-state index contributed by atoms with van der Waals surface area (Å²) in [6.45, 7) is 3.17. The summed E-state index contributed by atoms with van der Waals surface area (Å²) in [7, 11) is 4.19. The van der Waals surface area contributed by atoms with E-state index in [0.717, 1.165) is 24.4 Å². The van der Waals surface area contributed by atoms with Crippen LogP contribution in [0.25, 0.3) is 0 Å². The van der Waals surface area contributed by atoms with Crippen LogP contribution in [0, 0.1) is 6.92 Å². The van der Waals surface area contributed by atoms with Crippen LogP contribution in [0.5, 0.6) is 0 Å². The second-order valence-electron chi connectivity index (χ2n) is 3.95. The van der Waals surface area contributed by atoms with Gasteiger partial charge in [0.25, 0.3) is 0 Å². The first-order valence-electron chi connectivity index (χ1n) is 5.00. The average Bonchev–Trinajstić information content (AvgIpc) is 2.12. The Hall–Kier alpha value is -0.530. The van der Waals surface area contributed by atoms with Crippen molar-refractivity contribution in [3.63, 3.8) is 0 Å². The summed E-state index contributed by atoms with van der Waals surface area (Å²) < 4.78 is 0. The van der Waals surface area contributed by atoms with Crippen molar-refractivity contribution in [1.82, 2.24) is 4.90 Å². The van der Waals surface area contributed by atoms with Crippen LogP contribution >= 0.6 is 11.6 Å². The smallest absolute Gasteiger partial charge is 0.0467 e. The average molecular weight is 212 g/mol. The maximum atomic E-state index is 6.19. The van der Waals surface area contributed by atoms with Crippen LogP contribution in [0.2, 0.25) is 5.02 Å². The van der Waals surface area contributed by atoms with E-state index in [1.165, 1.54) is 11.1 Å². The third kappa shape index (κ3) is 3.32. The van der Waals surface area contributed by atoms with E-state index < -0.39 is 0 Å². The second kappa shape index (κ2) is 5.38. The van der Waals surface area contributed by atoms with Crippen molar-refractivity contribution in [3.8, 4) is 0 Å². The van der Waals surface area contributed by atoms with E-state index in [2.05, 4.69) is 44.1 Å². The molecule has 0 saturated carbocycles. The predicted octanol–water partition coefficient (Wildman–Crippen LogP) is 3.14. The molecule has 2 heteroatoms. The molecule has 0 aliphatic heterocycles. The lowest BCUT2D eigenvalue weighted by atomic mass is 10.1. The number of halogens is 1. The fourth-order valence-electron chi connectivity index (χ4n) is 1.49. The van der Waals surface area contributed by atoms with Gasteiger partial charge in [-0.15, -0.1) is 0 Å². The van der Waals surface area contributed by atoms with E-state index >= 15 is 0 Å². The summed E-state index contributed by atoms with van der Waals surface area (Å²) in [6.07, 6.45) is 2.23. The molecule has 0 amide bonds. The maximum absolute atomic E-state index is 6.19. The first-order valence-corrected chi connectivity index (χ1v) is 5.38. The number of aryl methyl sites for hydroxylation is 2. The monoisotopic (exact) mass is 211 g/mol.